The molecule has 0 aliphatic heterocycles. The van der Waals surface area contributed by atoms with Crippen molar-refractivity contribution in [1.82, 2.24) is 10.6 Å². The van der Waals surface area contributed by atoms with Crippen LogP contribution in [0.2, 0.25) is 0 Å². The van der Waals surface area contributed by atoms with Crippen LogP contribution in [-0.4, -0.2) is 29.6 Å². The zero-order chi connectivity index (χ0) is 16.8. The summed E-state index contributed by atoms with van der Waals surface area (Å²) in [6, 6.07) is 7.54. The molecule has 1 fully saturated rings. The first-order valence-corrected chi connectivity index (χ1v) is 8.23. The summed E-state index contributed by atoms with van der Waals surface area (Å²) < 4.78 is 0. The van der Waals surface area contributed by atoms with Crippen LogP contribution in [0.4, 0.5) is 0 Å². The van der Waals surface area contributed by atoms with E-state index in [1.54, 1.807) is 0 Å². The van der Waals surface area contributed by atoms with Crippen LogP contribution in [-0.2, 0) is 9.59 Å². The number of benzene rings is 1. The second-order valence-corrected chi connectivity index (χ2v) is 6.39. The Morgan fingerprint density at radius 1 is 1.22 bits per heavy atom. The first kappa shape index (κ1) is 17.5. The van der Waals surface area contributed by atoms with Crippen LogP contribution in [0, 0.1) is 12.8 Å². The van der Waals surface area contributed by atoms with Crippen LogP contribution < -0.4 is 10.6 Å². The van der Waals surface area contributed by atoms with Gasteiger partial charge in [-0.25, -0.2) is 0 Å². The number of aryl methyl sites for hydroxylation is 1. The highest BCUT2D eigenvalue weighted by Gasteiger charge is 2.32. The van der Waals surface area contributed by atoms with Crippen LogP contribution in [0.3, 0.4) is 0 Å². The average molecular weight is 318 g/mol. The third-order valence-corrected chi connectivity index (χ3v) is 4.22. The fourth-order valence-electron chi connectivity index (χ4n) is 2.81. The van der Waals surface area contributed by atoms with Gasteiger partial charge in [0, 0.05) is 19.6 Å². The maximum atomic E-state index is 12.3. The highest BCUT2D eigenvalue weighted by Crippen LogP contribution is 2.34. The molecule has 2 unspecified atom stereocenters. The summed E-state index contributed by atoms with van der Waals surface area (Å²) in [5.74, 6) is 0.247. The molecule has 2 rings (SSSR count). The van der Waals surface area contributed by atoms with Gasteiger partial charge >= 0.3 is 0 Å². The molecule has 0 bridgehead atoms. The third-order valence-electron chi connectivity index (χ3n) is 4.22. The number of hydrogen-bond acceptors (Lipinski definition) is 3. The fourth-order valence-corrected chi connectivity index (χ4v) is 2.81. The van der Waals surface area contributed by atoms with Gasteiger partial charge in [0.05, 0.1) is 12.5 Å². The van der Waals surface area contributed by atoms with Crippen LogP contribution in [0.1, 0.15) is 49.8 Å². The standard InChI is InChI=1S/C18H26N2O3/c1-12-3-5-15(6-4-12)17(19-13(2)22)11-18(23)20-16(9-10-21)14-7-8-14/h3-6,14,16-17,21H,7-11H2,1-2H3,(H,19,22)(H,20,23). The molecule has 0 radical (unpaired) electrons. The summed E-state index contributed by atoms with van der Waals surface area (Å²) in [5, 5.41) is 15.0. The first-order valence-electron chi connectivity index (χ1n) is 8.23. The van der Waals surface area contributed by atoms with Crippen molar-refractivity contribution < 1.29 is 14.7 Å². The molecule has 2 atom stereocenters. The number of carbonyl (C=O) groups excluding carboxylic acids is 2. The summed E-state index contributed by atoms with van der Waals surface area (Å²) in [5.41, 5.74) is 2.06. The molecule has 5 heteroatoms. The number of aliphatic hydroxyl groups is 1. The smallest absolute Gasteiger partial charge is 0.222 e. The number of nitrogens with one attached hydrogen (secondary N) is 2. The molecule has 0 spiro atoms. The number of hydrogen-bond donors (Lipinski definition) is 3. The number of aliphatic hydroxyl groups excluding tert-OH is 1. The molecule has 1 aromatic rings. The Morgan fingerprint density at radius 3 is 2.39 bits per heavy atom. The van der Waals surface area contributed by atoms with Crippen molar-refractivity contribution in [3.8, 4) is 0 Å². The molecule has 0 heterocycles. The Labute approximate surface area is 137 Å². The molecule has 5 nitrogen and oxygen atoms in total. The van der Waals surface area contributed by atoms with Gasteiger partial charge in [-0.05, 0) is 37.7 Å². The lowest BCUT2D eigenvalue weighted by molar-refractivity contribution is -0.123. The molecule has 126 valence electrons. The Kier molecular flexibility index (Phi) is 6.16. The summed E-state index contributed by atoms with van der Waals surface area (Å²) in [4.78, 5) is 23.8. The molecular formula is C18H26N2O3. The normalized spacial score (nSPS) is 16.5. The predicted molar refractivity (Wildman–Crippen MR) is 88.7 cm³/mol. The van der Waals surface area contributed by atoms with Crippen LogP contribution in [0.15, 0.2) is 24.3 Å². The van der Waals surface area contributed by atoms with Gasteiger partial charge in [0.1, 0.15) is 0 Å². The lowest BCUT2D eigenvalue weighted by Gasteiger charge is -2.21. The summed E-state index contributed by atoms with van der Waals surface area (Å²) in [6.45, 7) is 3.53. The minimum Gasteiger partial charge on any atom is -0.396 e. The number of rotatable bonds is 8. The zero-order valence-electron chi connectivity index (χ0n) is 13.8. The van der Waals surface area contributed by atoms with E-state index >= 15 is 0 Å². The molecule has 0 aromatic heterocycles. The highest BCUT2D eigenvalue weighted by molar-refractivity contribution is 5.79. The first-order chi connectivity index (χ1) is 11.0. The molecule has 3 N–H and O–H groups in total. The fraction of sp³-hybridized carbons (Fsp3) is 0.556. The van der Waals surface area contributed by atoms with Crippen molar-refractivity contribution in [2.24, 2.45) is 5.92 Å². The minimum atomic E-state index is -0.331. The maximum Gasteiger partial charge on any atom is 0.222 e. The van der Waals surface area contributed by atoms with Crippen molar-refractivity contribution in [2.45, 2.75) is 51.6 Å². The van der Waals surface area contributed by atoms with Gasteiger partial charge in [-0.15, -0.1) is 0 Å². The van der Waals surface area contributed by atoms with E-state index in [-0.39, 0.29) is 36.9 Å². The molecule has 1 saturated carbocycles. The lowest BCUT2D eigenvalue weighted by atomic mass is 10.0. The van der Waals surface area contributed by atoms with Crippen LogP contribution in [0.25, 0.3) is 0 Å². The van der Waals surface area contributed by atoms with Crippen LogP contribution in [0.5, 0.6) is 0 Å². The van der Waals surface area contributed by atoms with E-state index in [9.17, 15) is 9.59 Å². The van der Waals surface area contributed by atoms with Gasteiger partial charge in [0.2, 0.25) is 11.8 Å². The van der Waals surface area contributed by atoms with Crippen molar-refractivity contribution in [2.75, 3.05) is 6.61 Å². The second-order valence-electron chi connectivity index (χ2n) is 6.39. The van der Waals surface area contributed by atoms with E-state index in [0.717, 1.165) is 24.0 Å². The quantitative estimate of drug-likeness (QED) is 0.684. The van der Waals surface area contributed by atoms with Crippen molar-refractivity contribution in [3.05, 3.63) is 35.4 Å². The van der Waals surface area contributed by atoms with Gasteiger partial charge in [0.15, 0.2) is 0 Å². The van der Waals surface area contributed by atoms with E-state index in [1.165, 1.54) is 6.92 Å². The number of carbonyl (C=O) groups is 2. The highest BCUT2D eigenvalue weighted by atomic mass is 16.3. The monoisotopic (exact) mass is 318 g/mol. The maximum absolute atomic E-state index is 12.3. The van der Waals surface area contributed by atoms with Gasteiger partial charge in [0.25, 0.3) is 0 Å². The zero-order valence-corrected chi connectivity index (χ0v) is 13.8. The SMILES string of the molecule is CC(=O)NC(CC(=O)NC(CCO)C1CC1)c1ccc(C)cc1. The van der Waals surface area contributed by atoms with E-state index in [0.29, 0.717) is 12.3 Å². The number of amides is 2. The Morgan fingerprint density at radius 2 is 1.87 bits per heavy atom. The molecule has 23 heavy (non-hydrogen) atoms. The van der Waals surface area contributed by atoms with Crippen molar-refractivity contribution >= 4 is 11.8 Å². The predicted octanol–water partition coefficient (Wildman–Crippen LogP) is 1.84. The van der Waals surface area contributed by atoms with E-state index < -0.39 is 0 Å². The van der Waals surface area contributed by atoms with E-state index in [1.807, 2.05) is 31.2 Å². The lowest BCUT2D eigenvalue weighted by Crippen LogP contribution is -2.39. The average Bonchev–Trinajstić information content (AvgIpc) is 3.31. The largest absolute Gasteiger partial charge is 0.396 e. The Hall–Kier alpha value is -1.88. The Bertz CT molecular complexity index is 538. The van der Waals surface area contributed by atoms with Crippen molar-refractivity contribution in [1.29, 1.82) is 0 Å². The van der Waals surface area contributed by atoms with Gasteiger partial charge < -0.3 is 15.7 Å². The van der Waals surface area contributed by atoms with Gasteiger partial charge in [-0.2, -0.15) is 0 Å². The van der Waals surface area contributed by atoms with Gasteiger partial charge in [-0.1, -0.05) is 29.8 Å². The third kappa shape index (κ3) is 5.67. The van der Waals surface area contributed by atoms with E-state index in [4.69, 9.17) is 5.11 Å². The van der Waals surface area contributed by atoms with Crippen molar-refractivity contribution in [3.63, 3.8) is 0 Å². The molecular weight excluding hydrogens is 292 g/mol. The summed E-state index contributed by atoms with van der Waals surface area (Å²) >= 11 is 0. The van der Waals surface area contributed by atoms with Crippen LogP contribution >= 0.6 is 0 Å². The van der Waals surface area contributed by atoms with E-state index in [2.05, 4.69) is 10.6 Å². The molecule has 2 amide bonds. The summed E-state index contributed by atoms with van der Waals surface area (Å²) in [6.07, 6.45) is 3.01. The van der Waals surface area contributed by atoms with Gasteiger partial charge in [-0.3, -0.25) is 9.59 Å². The molecule has 0 saturated heterocycles. The summed E-state index contributed by atoms with van der Waals surface area (Å²) in [7, 11) is 0. The molecule has 1 aromatic carbocycles. The Balaban J connectivity index is 1.99. The molecule has 1 aliphatic rings. The second kappa shape index (κ2) is 8.11. The molecule has 1 aliphatic carbocycles. The topological polar surface area (TPSA) is 78.4 Å². The minimum absolute atomic E-state index is 0.0449.